The van der Waals surface area contributed by atoms with E-state index in [1.807, 2.05) is 0 Å². The number of rotatable bonds is 4. The Kier molecular flexibility index (Phi) is 2.94. The number of aliphatic carboxylic acids is 1. The van der Waals surface area contributed by atoms with Crippen molar-refractivity contribution in [3.05, 3.63) is 11.6 Å². The zero-order chi connectivity index (χ0) is 8.27. The standard InChI is InChI=1S/C8H11ClO2/c9-5-1-2-7(8(10)11)6-3-4-6/h1,5-7H,2-4H2,(H,10,11). The second-order valence-corrected chi connectivity index (χ2v) is 3.13. The predicted molar refractivity (Wildman–Crippen MR) is 43.5 cm³/mol. The minimum Gasteiger partial charge on any atom is -0.481 e. The predicted octanol–water partition coefficient (Wildman–Crippen LogP) is 2.24. The molecule has 0 heterocycles. The van der Waals surface area contributed by atoms with Gasteiger partial charge in [-0.2, -0.15) is 0 Å². The Bertz CT molecular complexity index is 173. The van der Waals surface area contributed by atoms with E-state index in [-0.39, 0.29) is 5.92 Å². The molecule has 0 saturated heterocycles. The highest BCUT2D eigenvalue weighted by Crippen LogP contribution is 2.38. The number of carboxylic acid groups (broad SMARTS) is 1. The molecule has 1 unspecified atom stereocenters. The highest BCUT2D eigenvalue weighted by atomic mass is 35.5. The monoisotopic (exact) mass is 174 g/mol. The first-order valence-corrected chi connectivity index (χ1v) is 4.17. The van der Waals surface area contributed by atoms with Gasteiger partial charge >= 0.3 is 5.97 Å². The molecule has 3 heteroatoms. The van der Waals surface area contributed by atoms with Crippen molar-refractivity contribution < 1.29 is 9.90 Å². The Labute approximate surface area is 70.9 Å². The van der Waals surface area contributed by atoms with Crippen LogP contribution in [-0.2, 0) is 4.79 Å². The van der Waals surface area contributed by atoms with E-state index in [9.17, 15) is 4.79 Å². The lowest BCUT2D eigenvalue weighted by atomic mass is 10.0. The average Bonchev–Trinajstić information content (AvgIpc) is 2.71. The maximum absolute atomic E-state index is 10.6. The number of halogens is 1. The van der Waals surface area contributed by atoms with Gasteiger partial charge in [-0.25, -0.2) is 0 Å². The van der Waals surface area contributed by atoms with Crippen molar-refractivity contribution in [3.8, 4) is 0 Å². The number of carbonyl (C=O) groups is 1. The summed E-state index contributed by atoms with van der Waals surface area (Å²) in [6.45, 7) is 0. The number of carboxylic acids is 1. The normalized spacial score (nSPS) is 20.5. The summed E-state index contributed by atoms with van der Waals surface area (Å²) in [5.41, 5.74) is 1.39. The molecule has 0 aliphatic heterocycles. The summed E-state index contributed by atoms with van der Waals surface area (Å²) in [5, 5.41) is 8.73. The first kappa shape index (κ1) is 8.60. The summed E-state index contributed by atoms with van der Waals surface area (Å²) in [4.78, 5) is 10.6. The average molecular weight is 175 g/mol. The minimum atomic E-state index is -0.692. The molecule has 0 radical (unpaired) electrons. The first-order valence-electron chi connectivity index (χ1n) is 3.73. The molecule has 1 N–H and O–H groups in total. The Morgan fingerprint density at radius 2 is 2.36 bits per heavy atom. The number of hydrogen-bond donors (Lipinski definition) is 1. The number of hydrogen-bond acceptors (Lipinski definition) is 1. The molecule has 1 atom stereocenters. The SMILES string of the molecule is O=C(O)C(CC=CCl)C1CC1. The van der Waals surface area contributed by atoms with Gasteiger partial charge < -0.3 is 5.11 Å². The Morgan fingerprint density at radius 1 is 1.73 bits per heavy atom. The van der Waals surface area contributed by atoms with E-state index in [2.05, 4.69) is 0 Å². The zero-order valence-electron chi connectivity index (χ0n) is 6.16. The van der Waals surface area contributed by atoms with Crippen LogP contribution in [0.4, 0.5) is 0 Å². The van der Waals surface area contributed by atoms with E-state index >= 15 is 0 Å². The van der Waals surface area contributed by atoms with Crippen molar-refractivity contribution in [2.75, 3.05) is 0 Å². The summed E-state index contributed by atoms with van der Waals surface area (Å²) in [7, 11) is 0. The third-order valence-electron chi connectivity index (χ3n) is 1.99. The van der Waals surface area contributed by atoms with Gasteiger partial charge in [-0.15, -0.1) is 0 Å². The molecule has 1 aliphatic carbocycles. The van der Waals surface area contributed by atoms with Crippen LogP contribution >= 0.6 is 11.6 Å². The molecule has 0 aromatic heterocycles. The van der Waals surface area contributed by atoms with Gasteiger partial charge in [0.05, 0.1) is 5.92 Å². The maximum Gasteiger partial charge on any atom is 0.307 e. The molecule has 0 aromatic rings. The van der Waals surface area contributed by atoms with Crippen LogP contribution in [0.3, 0.4) is 0 Å². The smallest absolute Gasteiger partial charge is 0.307 e. The van der Waals surface area contributed by atoms with Crippen LogP contribution in [0, 0.1) is 11.8 Å². The number of allylic oxidation sites excluding steroid dienone is 1. The summed E-state index contributed by atoms with van der Waals surface area (Å²) in [6.07, 6.45) is 4.41. The van der Waals surface area contributed by atoms with Crippen LogP contribution in [0.5, 0.6) is 0 Å². The fourth-order valence-corrected chi connectivity index (χ4v) is 1.29. The van der Waals surface area contributed by atoms with Crippen LogP contribution in [0.2, 0.25) is 0 Å². The molecule has 1 rings (SSSR count). The minimum absolute atomic E-state index is 0.204. The lowest BCUT2D eigenvalue weighted by molar-refractivity contribution is -0.142. The molecule has 1 aliphatic rings. The molecule has 11 heavy (non-hydrogen) atoms. The lowest BCUT2D eigenvalue weighted by Gasteiger charge is -2.06. The van der Waals surface area contributed by atoms with Crippen LogP contribution in [0.25, 0.3) is 0 Å². The van der Waals surface area contributed by atoms with Gasteiger partial charge in [0.15, 0.2) is 0 Å². The van der Waals surface area contributed by atoms with Gasteiger partial charge in [0.25, 0.3) is 0 Å². The fraction of sp³-hybridized carbons (Fsp3) is 0.625. The highest BCUT2D eigenvalue weighted by Gasteiger charge is 2.34. The van der Waals surface area contributed by atoms with E-state index in [0.29, 0.717) is 12.3 Å². The maximum atomic E-state index is 10.6. The van der Waals surface area contributed by atoms with Gasteiger partial charge in [-0.3, -0.25) is 4.79 Å². The van der Waals surface area contributed by atoms with Gasteiger partial charge in [0.2, 0.25) is 0 Å². The molecule has 0 bridgehead atoms. The van der Waals surface area contributed by atoms with Gasteiger partial charge in [-0.05, 0) is 25.2 Å². The molecular weight excluding hydrogens is 164 g/mol. The molecule has 0 spiro atoms. The van der Waals surface area contributed by atoms with Crippen LogP contribution in [0.1, 0.15) is 19.3 Å². The second-order valence-electron chi connectivity index (χ2n) is 2.88. The van der Waals surface area contributed by atoms with Gasteiger partial charge in [0.1, 0.15) is 0 Å². The van der Waals surface area contributed by atoms with Crippen molar-refractivity contribution >= 4 is 17.6 Å². The Morgan fingerprint density at radius 3 is 2.73 bits per heavy atom. The molecule has 1 saturated carbocycles. The van der Waals surface area contributed by atoms with E-state index in [1.165, 1.54) is 5.54 Å². The molecule has 0 aromatic carbocycles. The lowest BCUT2D eigenvalue weighted by Crippen LogP contribution is -2.14. The topological polar surface area (TPSA) is 37.3 Å². The molecule has 2 nitrogen and oxygen atoms in total. The third-order valence-corrected chi connectivity index (χ3v) is 2.17. The second kappa shape index (κ2) is 3.77. The molecule has 1 fully saturated rings. The fourth-order valence-electron chi connectivity index (χ4n) is 1.19. The van der Waals surface area contributed by atoms with Gasteiger partial charge in [0, 0.05) is 5.54 Å². The van der Waals surface area contributed by atoms with Crippen LogP contribution in [-0.4, -0.2) is 11.1 Å². The highest BCUT2D eigenvalue weighted by molar-refractivity contribution is 6.25. The van der Waals surface area contributed by atoms with Crippen molar-refractivity contribution in [2.45, 2.75) is 19.3 Å². The quantitative estimate of drug-likeness (QED) is 0.710. The summed E-state index contributed by atoms with van der Waals surface area (Å²) in [5.74, 6) is -0.493. The van der Waals surface area contributed by atoms with E-state index in [0.717, 1.165) is 12.8 Å². The van der Waals surface area contributed by atoms with Gasteiger partial charge in [-0.1, -0.05) is 17.7 Å². The van der Waals surface area contributed by atoms with E-state index in [1.54, 1.807) is 6.08 Å². The van der Waals surface area contributed by atoms with Crippen LogP contribution < -0.4 is 0 Å². The summed E-state index contributed by atoms with van der Waals surface area (Å²) >= 11 is 5.30. The van der Waals surface area contributed by atoms with Crippen molar-refractivity contribution in [2.24, 2.45) is 11.8 Å². The summed E-state index contributed by atoms with van der Waals surface area (Å²) < 4.78 is 0. The molecule has 0 amide bonds. The first-order chi connectivity index (χ1) is 5.25. The Hall–Kier alpha value is -0.500. The molecular formula is C8H11ClO2. The molecule has 62 valence electrons. The van der Waals surface area contributed by atoms with Crippen molar-refractivity contribution in [1.82, 2.24) is 0 Å². The van der Waals surface area contributed by atoms with Crippen molar-refractivity contribution in [3.63, 3.8) is 0 Å². The Balaban J connectivity index is 2.38. The van der Waals surface area contributed by atoms with E-state index < -0.39 is 5.97 Å². The van der Waals surface area contributed by atoms with E-state index in [4.69, 9.17) is 16.7 Å². The third kappa shape index (κ3) is 2.54. The van der Waals surface area contributed by atoms with Crippen LogP contribution in [0.15, 0.2) is 11.6 Å². The van der Waals surface area contributed by atoms with Crippen molar-refractivity contribution in [1.29, 1.82) is 0 Å². The largest absolute Gasteiger partial charge is 0.481 e. The zero-order valence-corrected chi connectivity index (χ0v) is 6.92. The summed E-state index contributed by atoms with van der Waals surface area (Å²) in [6, 6.07) is 0.